The van der Waals surface area contributed by atoms with Crippen LogP contribution in [0.15, 0.2) is 36.5 Å². The molecule has 0 unspecified atom stereocenters. The minimum Gasteiger partial charge on any atom is -0.483 e. The van der Waals surface area contributed by atoms with Crippen molar-refractivity contribution in [1.82, 2.24) is 14.7 Å². The third-order valence-electron chi connectivity index (χ3n) is 6.15. The minimum absolute atomic E-state index is 0.128. The van der Waals surface area contributed by atoms with Crippen molar-refractivity contribution >= 4 is 6.08 Å². The molecule has 5 rings (SSSR count). The van der Waals surface area contributed by atoms with Crippen LogP contribution in [-0.4, -0.2) is 33.4 Å². The van der Waals surface area contributed by atoms with Gasteiger partial charge in [0.25, 0.3) is 0 Å². The van der Waals surface area contributed by atoms with Gasteiger partial charge in [0.05, 0.1) is 6.20 Å². The second kappa shape index (κ2) is 6.27. The number of fused-ring (bicyclic) bond motifs is 1. The number of ether oxygens (including phenoxy) is 1. The predicted molar refractivity (Wildman–Crippen MR) is 103 cm³/mol. The largest absolute Gasteiger partial charge is 0.483 e. The molecular weight excluding hydrogens is 322 g/mol. The number of likely N-dealkylation sites (tertiary alicyclic amines) is 1. The van der Waals surface area contributed by atoms with Gasteiger partial charge >= 0.3 is 0 Å². The fourth-order valence-corrected chi connectivity index (χ4v) is 4.56. The molecule has 1 aromatic heterocycles. The molecule has 2 fully saturated rings. The molecular formula is C22H27N3O. The minimum atomic E-state index is -0.128. The highest BCUT2D eigenvalue weighted by Gasteiger charge is 2.35. The van der Waals surface area contributed by atoms with Crippen LogP contribution in [0.4, 0.5) is 0 Å². The first-order chi connectivity index (χ1) is 12.7. The van der Waals surface area contributed by atoms with Crippen LogP contribution < -0.4 is 4.74 Å². The lowest BCUT2D eigenvalue weighted by Gasteiger charge is -2.34. The molecule has 3 aliphatic rings. The van der Waals surface area contributed by atoms with Crippen LogP contribution in [0.1, 0.15) is 54.8 Å². The summed E-state index contributed by atoms with van der Waals surface area (Å²) in [6, 6.07) is 8.37. The van der Waals surface area contributed by atoms with Gasteiger partial charge in [-0.1, -0.05) is 24.3 Å². The molecule has 4 heteroatoms. The molecule has 2 aromatic rings. The average molecular weight is 349 g/mol. The summed E-state index contributed by atoms with van der Waals surface area (Å²) in [6.45, 7) is 3.24. The van der Waals surface area contributed by atoms with Gasteiger partial charge in [-0.3, -0.25) is 9.58 Å². The third-order valence-corrected chi connectivity index (χ3v) is 6.15. The van der Waals surface area contributed by atoms with Crippen molar-refractivity contribution in [1.29, 1.82) is 0 Å². The fraction of sp³-hybridized carbons (Fsp3) is 0.500. The standard InChI is InChI=1S/C22H27N3O/c1-24-21(18-7-8-18)19(15-23-24)16-25-13-4-10-22(12-14-25)11-9-17-5-2-3-6-20(17)26-22/h2-3,5-6,9,11,15,18H,4,7-8,10,12-14,16H2,1H3/t22-/m1/s1. The zero-order valence-corrected chi connectivity index (χ0v) is 15.5. The molecule has 26 heavy (non-hydrogen) atoms. The van der Waals surface area contributed by atoms with E-state index < -0.39 is 0 Å². The van der Waals surface area contributed by atoms with E-state index in [1.807, 2.05) is 0 Å². The summed E-state index contributed by atoms with van der Waals surface area (Å²) >= 11 is 0. The molecule has 136 valence electrons. The Hall–Kier alpha value is -2.07. The molecule has 1 saturated carbocycles. The lowest BCUT2D eigenvalue weighted by atomic mass is 9.91. The predicted octanol–water partition coefficient (Wildman–Crippen LogP) is 4.13. The van der Waals surface area contributed by atoms with Crippen molar-refractivity contribution in [3.8, 4) is 5.75 Å². The van der Waals surface area contributed by atoms with Gasteiger partial charge < -0.3 is 4.74 Å². The van der Waals surface area contributed by atoms with Crippen LogP contribution >= 0.6 is 0 Å². The SMILES string of the molecule is Cn1ncc(CN2CCC[C@@]3(C=Cc4ccccc4O3)CC2)c1C1CC1. The summed E-state index contributed by atoms with van der Waals surface area (Å²) in [5.74, 6) is 1.78. The van der Waals surface area contributed by atoms with E-state index in [1.54, 1.807) is 0 Å². The second-order valence-electron chi connectivity index (χ2n) is 8.12. The van der Waals surface area contributed by atoms with Crippen LogP contribution in [0.25, 0.3) is 6.08 Å². The Kier molecular flexibility index (Phi) is 3.89. The van der Waals surface area contributed by atoms with Gasteiger partial charge in [-0.25, -0.2) is 0 Å². The Balaban J connectivity index is 1.30. The van der Waals surface area contributed by atoms with E-state index in [9.17, 15) is 0 Å². The first-order valence-electron chi connectivity index (χ1n) is 9.93. The smallest absolute Gasteiger partial charge is 0.129 e. The molecule has 1 saturated heterocycles. The maximum atomic E-state index is 6.49. The summed E-state index contributed by atoms with van der Waals surface area (Å²) in [5.41, 5.74) is 3.96. The summed E-state index contributed by atoms with van der Waals surface area (Å²) in [5, 5.41) is 4.53. The Bertz CT molecular complexity index is 836. The van der Waals surface area contributed by atoms with Crippen molar-refractivity contribution in [3.63, 3.8) is 0 Å². The molecule has 0 N–H and O–H groups in total. The topological polar surface area (TPSA) is 30.3 Å². The molecule has 1 atom stereocenters. The monoisotopic (exact) mass is 349 g/mol. The van der Waals surface area contributed by atoms with Gasteiger partial charge in [0.15, 0.2) is 0 Å². The number of hydrogen-bond donors (Lipinski definition) is 0. The zero-order chi connectivity index (χ0) is 17.6. The molecule has 1 aliphatic carbocycles. The molecule has 0 radical (unpaired) electrons. The summed E-state index contributed by atoms with van der Waals surface area (Å²) in [6.07, 6.45) is 12.6. The van der Waals surface area contributed by atoms with Crippen molar-refractivity contribution in [3.05, 3.63) is 53.4 Å². The first kappa shape index (κ1) is 16.1. The van der Waals surface area contributed by atoms with Crippen LogP contribution in [-0.2, 0) is 13.6 Å². The van der Waals surface area contributed by atoms with Crippen molar-refractivity contribution in [2.45, 2.75) is 50.2 Å². The normalized spacial score (nSPS) is 25.7. The molecule has 2 aliphatic heterocycles. The van der Waals surface area contributed by atoms with E-state index >= 15 is 0 Å². The Morgan fingerprint density at radius 3 is 2.96 bits per heavy atom. The van der Waals surface area contributed by atoms with Crippen molar-refractivity contribution in [2.24, 2.45) is 7.05 Å². The van der Waals surface area contributed by atoms with Gasteiger partial charge in [-0.05, 0) is 44.4 Å². The summed E-state index contributed by atoms with van der Waals surface area (Å²) in [4.78, 5) is 2.59. The third kappa shape index (κ3) is 2.96. The molecule has 0 amide bonds. The quantitative estimate of drug-likeness (QED) is 0.835. The van der Waals surface area contributed by atoms with Gasteiger partial charge in [-0.2, -0.15) is 5.10 Å². The van der Waals surface area contributed by atoms with E-state index in [2.05, 4.69) is 64.3 Å². The highest BCUT2D eigenvalue weighted by Crippen LogP contribution is 2.42. The maximum absolute atomic E-state index is 6.49. The number of rotatable bonds is 3. The van der Waals surface area contributed by atoms with Gasteiger partial charge in [0, 0.05) is 49.3 Å². The average Bonchev–Trinajstić information content (AvgIpc) is 3.45. The second-order valence-corrected chi connectivity index (χ2v) is 8.12. The fourth-order valence-electron chi connectivity index (χ4n) is 4.56. The Morgan fingerprint density at radius 2 is 2.08 bits per heavy atom. The van der Waals surface area contributed by atoms with Crippen molar-refractivity contribution in [2.75, 3.05) is 13.1 Å². The van der Waals surface area contributed by atoms with E-state index in [0.717, 1.165) is 44.1 Å². The highest BCUT2D eigenvalue weighted by atomic mass is 16.5. The number of aromatic nitrogens is 2. The number of para-hydroxylation sites is 1. The lowest BCUT2D eigenvalue weighted by molar-refractivity contribution is 0.0990. The highest BCUT2D eigenvalue weighted by molar-refractivity contribution is 5.60. The number of aryl methyl sites for hydroxylation is 1. The molecule has 1 spiro atoms. The number of benzene rings is 1. The van der Waals surface area contributed by atoms with Crippen LogP contribution in [0.2, 0.25) is 0 Å². The zero-order valence-electron chi connectivity index (χ0n) is 15.5. The van der Waals surface area contributed by atoms with E-state index in [1.165, 1.54) is 36.1 Å². The van der Waals surface area contributed by atoms with Crippen LogP contribution in [0.3, 0.4) is 0 Å². The first-order valence-corrected chi connectivity index (χ1v) is 9.93. The van der Waals surface area contributed by atoms with Gasteiger partial charge in [-0.15, -0.1) is 0 Å². The number of nitrogens with zero attached hydrogens (tertiary/aromatic N) is 3. The summed E-state index contributed by atoms with van der Waals surface area (Å²) < 4.78 is 8.58. The molecule has 0 bridgehead atoms. The van der Waals surface area contributed by atoms with E-state index in [4.69, 9.17) is 4.74 Å². The number of hydrogen-bond acceptors (Lipinski definition) is 3. The maximum Gasteiger partial charge on any atom is 0.129 e. The molecule has 3 heterocycles. The molecule has 4 nitrogen and oxygen atoms in total. The van der Waals surface area contributed by atoms with Crippen LogP contribution in [0, 0.1) is 0 Å². The lowest BCUT2D eigenvalue weighted by Crippen LogP contribution is -2.36. The Morgan fingerprint density at radius 1 is 1.19 bits per heavy atom. The summed E-state index contributed by atoms with van der Waals surface area (Å²) in [7, 11) is 2.09. The molecule has 1 aromatic carbocycles. The van der Waals surface area contributed by atoms with E-state index in [0.29, 0.717) is 0 Å². The Labute approximate surface area is 155 Å². The van der Waals surface area contributed by atoms with Crippen molar-refractivity contribution < 1.29 is 4.74 Å². The van der Waals surface area contributed by atoms with E-state index in [-0.39, 0.29) is 5.60 Å². The van der Waals surface area contributed by atoms with Gasteiger partial charge in [0.1, 0.15) is 11.4 Å². The van der Waals surface area contributed by atoms with Gasteiger partial charge in [0.2, 0.25) is 0 Å². The van der Waals surface area contributed by atoms with Crippen LogP contribution in [0.5, 0.6) is 5.75 Å².